The normalized spacial score (nSPS) is 11.5. The van der Waals surface area contributed by atoms with Crippen molar-refractivity contribution in [2.75, 3.05) is 19.0 Å². The van der Waals surface area contributed by atoms with Crippen molar-refractivity contribution < 1.29 is 14.4 Å². The molecule has 0 radical (unpaired) electrons. The van der Waals surface area contributed by atoms with Gasteiger partial charge in [0.05, 0.1) is 19.4 Å². The highest BCUT2D eigenvalue weighted by Crippen LogP contribution is 2.28. The number of nitrogens with zero attached hydrogens (tertiary/aromatic N) is 3. The second-order valence-corrected chi connectivity index (χ2v) is 8.42. The number of anilines is 1. The fourth-order valence-electron chi connectivity index (χ4n) is 3.68. The average Bonchev–Trinajstić information content (AvgIpc) is 2.92. The molecule has 0 saturated carbocycles. The molecule has 4 aromatic rings. The molecule has 1 atom stereocenters. The minimum absolute atomic E-state index is 0.0887. The maximum Gasteiger partial charge on any atom is 0.274 e. The Bertz CT molecular complexity index is 1300. The van der Waals surface area contributed by atoms with E-state index in [0.717, 1.165) is 33.9 Å². The molecule has 0 aliphatic rings. The number of hydroxylamine groups is 1. The van der Waals surface area contributed by atoms with Crippen molar-refractivity contribution in [2.24, 2.45) is 0 Å². The van der Waals surface area contributed by atoms with E-state index in [-0.39, 0.29) is 18.4 Å². The third kappa shape index (κ3) is 6.43. The summed E-state index contributed by atoms with van der Waals surface area (Å²) in [6.45, 7) is 4.94. The molecule has 0 saturated heterocycles. The third-order valence-corrected chi connectivity index (χ3v) is 5.74. The Kier molecular flexibility index (Phi) is 8.20. The quantitative estimate of drug-likeness (QED) is 0.309. The van der Waals surface area contributed by atoms with E-state index in [1.807, 2.05) is 61.5 Å². The van der Waals surface area contributed by atoms with E-state index in [0.29, 0.717) is 17.9 Å². The fraction of sp³-hybridized carbons (Fsp3) is 0.214. The maximum atomic E-state index is 12.5. The van der Waals surface area contributed by atoms with Gasteiger partial charge in [0.15, 0.2) is 0 Å². The highest BCUT2D eigenvalue weighted by molar-refractivity contribution is 5.94. The first kappa shape index (κ1) is 24.8. The number of ether oxygens (including phenoxy) is 1. The topological polar surface area (TPSA) is 98.3 Å². The van der Waals surface area contributed by atoms with E-state index in [1.54, 1.807) is 25.4 Å². The van der Waals surface area contributed by atoms with Gasteiger partial charge in [-0.05, 0) is 42.3 Å². The number of benzene rings is 2. The van der Waals surface area contributed by atoms with Crippen molar-refractivity contribution in [3.63, 3.8) is 0 Å². The molecule has 2 aromatic carbocycles. The molecule has 0 bridgehead atoms. The van der Waals surface area contributed by atoms with E-state index >= 15 is 0 Å². The van der Waals surface area contributed by atoms with Crippen LogP contribution in [0, 0.1) is 6.92 Å². The van der Waals surface area contributed by atoms with Crippen LogP contribution in [-0.4, -0.2) is 34.5 Å². The Morgan fingerprint density at radius 2 is 1.83 bits per heavy atom. The largest absolute Gasteiger partial charge is 0.496 e. The molecular formula is C28H29N5O3. The Labute approximate surface area is 210 Å². The second kappa shape index (κ2) is 11.9. The van der Waals surface area contributed by atoms with Crippen LogP contribution in [0.15, 0.2) is 79.3 Å². The summed E-state index contributed by atoms with van der Waals surface area (Å²) in [6, 6.07) is 20.9. The molecule has 36 heavy (non-hydrogen) atoms. The Morgan fingerprint density at radius 1 is 1.00 bits per heavy atom. The van der Waals surface area contributed by atoms with Gasteiger partial charge in [0, 0.05) is 41.5 Å². The monoisotopic (exact) mass is 483 g/mol. The van der Waals surface area contributed by atoms with Crippen molar-refractivity contribution >= 4 is 11.7 Å². The first-order chi connectivity index (χ1) is 17.5. The van der Waals surface area contributed by atoms with Crippen molar-refractivity contribution in [1.29, 1.82) is 0 Å². The molecule has 1 amide bonds. The molecule has 0 spiro atoms. The summed E-state index contributed by atoms with van der Waals surface area (Å²) in [7, 11) is 1.60. The average molecular weight is 484 g/mol. The second-order valence-electron chi connectivity index (χ2n) is 8.42. The zero-order valence-corrected chi connectivity index (χ0v) is 20.6. The van der Waals surface area contributed by atoms with Crippen molar-refractivity contribution in [3.8, 4) is 17.0 Å². The van der Waals surface area contributed by atoms with Crippen LogP contribution < -0.4 is 15.5 Å². The minimum atomic E-state index is -0.333. The summed E-state index contributed by atoms with van der Waals surface area (Å²) < 4.78 is 5.59. The van der Waals surface area contributed by atoms with E-state index < -0.39 is 0 Å². The van der Waals surface area contributed by atoms with Crippen LogP contribution in [0.5, 0.6) is 5.75 Å². The first-order valence-electron chi connectivity index (χ1n) is 11.7. The molecule has 0 aliphatic carbocycles. The van der Waals surface area contributed by atoms with Gasteiger partial charge in [-0.2, -0.15) is 0 Å². The van der Waals surface area contributed by atoms with Gasteiger partial charge in [-0.25, -0.2) is 15.4 Å². The lowest BCUT2D eigenvalue weighted by Crippen LogP contribution is -2.23. The third-order valence-electron chi connectivity index (χ3n) is 5.74. The Morgan fingerprint density at radius 3 is 2.58 bits per heavy atom. The van der Waals surface area contributed by atoms with Crippen LogP contribution >= 0.6 is 0 Å². The van der Waals surface area contributed by atoms with E-state index in [9.17, 15) is 4.79 Å². The smallest absolute Gasteiger partial charge is 0.274 e. The van der Waals surface area contributed by atoms with Crippen LogP contribution in [0.25, 0.3) is 11.3 Å². The molecule has 0 fully saturated rings. The molecule has 1 unspecified atom stereocenters. The van der Waals surface area contributed by atoms with Crippen molar-refractivity contribution in [1.82, 2.24) is 20.4 Å². The van der Waals surface area contributed by atoms with Gasteiger partial charge in [-0.1, -0.05) is 43.3 Å². The number of aryl methyl sites for hydroxylation is 1. The summed E-state index contributed by atoms with van der Waals surface area (Å²) in [4.78, 5) is 30.9. The van der Waals surface area contributed by atoms with Crippen molar-refractivity contribution in [3.05, 3.63) is 102 Å². The number of nitrogens with one attached hydrogen (secondary N) is 2. The van der Waals surface area contributed by atoms with Crippen molar-refractivity contribution in [2.45, 2.75) is 26.4 Å². The van der Waals surface area contributed by atoms with Gasteiger partial charge in [0.2, 0.25) is 0 Å². The highest BCUT2D eigenvalue weighted by atomic mass is 16.6. The molecule has 2 heterocycles. The van der Waals surface area contributed by atoms with Crippen LogP contribution in [0.3, 0.4) is 0 Å². The van der Waals surface area contributed by atoms with Gasteiger partial charge < -0.3 is 10.1 Å². The first-order valence-corrected chi connectivity index (χ1v) is 11.7. The van der Waals surface area contributed by atoms with Crippen LogP contribution in [-0.2, 0) is 11.4 Å². The molecule has 8 heteroatoms. The Hall–Kier alpha value is -4.30. The predicted octanol–water partition coefficient (Wildman–Crippen LogP) is 4.93. The standard InChI is InChI=1S/C28H29N5O3/c1-19(15-30-27-14-25(31-18-32-27)23-10-9-20(2)29-16-23)24-12-11-22(13-26(24)35-3)28(34)33-36-17-21-7-5-4-6-8-21/h4-14,16,18-19H,15,17H2,1-3H3,(H,33,34)(H,30,31,32). The summed E-state index contributed by atoms with van der Waals surface area (Å²) in [6.07, 6.45) is 3.34. The summed E-state index contributed by atoms with van der Waals surface area (Å²) >= 11 is 0. The number of amides is 1. The zero-order valence-electron chi connectivity index (χ0n) is 20.6. The summed E-state index contributed by atoms with van der Waals surface area (Å²) in [5.41, 5.74) is 7.58. The van der Waals surface area contributed by atoms with Gasteiger partial charge in [0.1, 0.15) is 17.9 Å². The van der Waals surface area contributed by atoms with Gasteiger partial charge in [-0.3, -0.25) is 14.6 Å². The maximum absolute atomic E-state index is 12.5. The lowest BCUT2D eigenvalue weighted by Gasteiger charge is -2.18. The molecule has 4 rings (SSSR count). The molecule has 2 aromatic heterocycles. The molecular weight excluding hydrogens is 454 g/mol. The minimum Gasteiger partial charge on any atom is -0.496 e. The molecule has 8 nitrogen and oxygen atoms in total. The lowest BCUT2D eigenvalue weighted by molar-refractivity contribution is 0.0233. The molecule has 2 N–H and O–H groups in total. The van der Waals surface area contributed by atoms with Gasteiger partial charge in [-0.15, -0.1) is 0 Å². The van der Waals surface area contributed by atoms with Gasteiger partial charge >= 0.3 is 0 Å². The lowest BCUT2D eigenvalue weighted by atomic mass is 9.98. The number of carbonyl (C=O) groups excluding carboxylic acids is 1. The summed E-state index contributed by atoms with van der Waals surface area (Å²) in [5, 5.41) is 3.37. The van der Waals surface area contributed by atoms with E-state index in [1.165, 1.54) is 6.33 Å². The number of rotatable bonds is 10. The number of methoxy groups -OCH3 is 1. The fourth-order valence-corrected chi connectivity index (χ4v) is 3.68. The van der Waals surface area contributed by atoms with E-state index in [4.69, 9.17) is 9.57 Å². The number of hydrogen-bond acceptors (Lipinski definition) is 7. The van der Waals surface area contributed by atoms with E-state index in [2.05, 4.69) is 32.7 Å². The molecule has 0 aliphatic heterocycles. The zero-order chi connectivity index (χ0) is 25.3. The van der Waals surface area contributed by atoms with Crippen LogP contribution in [0.4, 0.5) is 5.82 Å². The summed E-state index contributed by atoms with van der Waals surface area (Å²) in [5.74, 6) is 1.11. The SMILES string of the molecule is COc1cc(C(=O)NOCc2ccccc2)ccc1C(C)CNc1cc(-c2ccc(C)nc2)ncn1. The number of pyridine rings is 1. The number of aromatic nitrogens is 3. The Balaban J connectivity index is 1.36. The predicted molar refractivity (Wildman–Crippen MR) is 139 cm³/mol. The van der Waals surface area contributed by atoms with Crippen LogP contribution in [0.2, 0.25) is 0 Å². The molecule has 184 valence electrons. The van der Waals surface area contributed by atoms with Crippen LogP contribution in [0.1, 0.15) is 40.0 Å². The highest BCUT2D eigenvalue weighted by Gasteiger charge is 2.15. The number of hydrogen-bond donors (Lipinski definition) is 2. The van der Waals surface area contributed by atoms with Gasteiger partial charge in [0.25, 0.3) is 5.91 Å². The number of carbonyl (C=O) groups is 1.